The van der Waals surface area contributed by atoms with E-state index in [-0.39, 0.29) is 23.7 Å². The van der Waals surface area contributed by atoms with E-state index < -0.39 is 5.60 Å². The number of aromatic nitrogens is 2. The van der Waals surface area contributed by atoms with Gasteiger partial charge in [-0.2, -0.15) is 11.8 Å². The molecule has 2 aliphatic rings. The number of aryl methyl sites for hydroxylation is 1. The highest BCUT2D eigenvalue weighted by Gasteiger charge is 2.41. The van der Waals surface area contributed by atoms with Crippen molar-refractivity contribution < 1.29 is 14.2 Å². The van der Waals surface area contributed by atoms with Crippen LogP contribution in [0, 0.1) is 12.7 Å². The number of hydrogen-bond acceptors (Lipinski definition) is 5. The first-order chi connectivity index (χ1) is 17.2. The fourth-order valence-electron chi connectivity index (χ4n) is 5.42. The summed E-state index contributed by atoms with van der Waals surface area (Å²) in [6.45, 7) is 12.4. The minimum absolute atomic E-state index is 0.0883. The van der Waals surface area contributed by atoms with E-state index in [4.69, 9.17) is 9.72 Å². The second-order valence-corrected chi connectivity index (χ2v) is 11.8. The average Bonchev–Trinajstić information content (AvgIpc) is 3.20. The molecule has 3 aromatic rings. The van der Waals surface area contributed by atoms with Crippen LogP contribution in [0.3, 0.4) is 0 Å². The van der Waals surface area contributed by atoms with Gasteiger partial charge in [0.25, 0.3) is 5.56 Å². The maximum absolute atomic E-state index is 15.0. The van der Waals surface area contributed by atoms with Crippen LogP contribution in [0.5, 0.6) is 0 Å². The van der Waals surface area contributed by atoms with Crippen molar-refractivity contribution in [1.82, 2.24) is 9.55 Å². The lowest BCUT2D eigenvalue weighted by Gasteiger charge is -2.35. The smallest absolute Gasteiger partial charge is 0.258 e. The van der Waals surface area contributed by atoms with Crippen LogP contribution in [0.4, 0.5) is 4.39 Å². The minimum atomic E-state index is -1.42. The largest absolute Gasteiger partial charge is 0.490 e. The Labute approximate surface area is 215 Å². The van der Waals surface area contributed by atoms with Crippen molar-refractivity contribution in [3.8, 4) is 11.4 Å². The van der Waals surface area contributed by atoms with Crippen LogP contribution in [0.15, 0.2) is 35.3 Å². The summed E-state index contributed by atoms with van der Waals surface area (Å²) in [7, 11) is 0. The summed E-state index contributed by atoms with van der Waals surface area (Å²) in [6.07, 6.45) is 3.20. The number of hydrogen-bond donors (Lipinski definition) is 1. The molecular weight excluding hydrogens is 475 g/mol. The van der Waals surface area contributed by atoms with E-state index in [1.807, 2.05) is 31.7 Å². The van der Waals surface area contributed by atoms with Gasteiger partial charge in [0, 0.05) is 22.6 Å². The fraction of sp³-hybridized carbons (Fsp3) is 0.448. The summed E-state index contributed by atoms with van der Waals surface area (Å²) < 4.78 is 22.2. The number of fused-ring (bicyclic) bond motifs is 5. The van der Waals surface area contributed by atoms with Crippen LogP contribution in [0.1, 0.15) is 67.9 Å². The maximum atomic E-state index is 15.0. The molecule has 5 rings (SSSR count). The third-order valence-corrected chi connectivity index (χ3v) is 8.77. The second kappa shape index (κ2) is 9.34. The normalized spacial score (nSPS) is 18.4. The summed E-state index contributed by atoms with van der Waals surface area (Å²) in [6, 6.07) is 5.42. The molecule has 5 nitrogen and oxygen atoms in total. The molecule has 0 aliphatic carbocycles. The predicted molar refractivity (Wildman–Crippen MR) is 144 cm³/mol. The van der Waals surface area contributed by atoms with E-state index in [0.717, 1.165) is 41.5 Å². The van der Waals surface area contributed by atoms with Gasteiger partial charge in [-0.25, -0.2) is 9.37 Å². The van der Waals surface area contributed by atoms with Gasteiger partial charge in [-0.3, -0.25) is 4.79 Å². The molecule has 1 N–H and O–H groups in total. The molecule has 0 fully saturated rings. The first kappa shape index (κ1) is 25.0. The Bertz CT molecular complexity index is 1450. The van der Waals surface area contributed by atoms with Gasteiger partial charge in [-0.15, -0.1) is 0 Å². The lowest BCUT2D eigenvalue weighted by atomic mass is 9.84. The first-order valence-electron chi connectivity index (χ1n) is 12.7. The molecule has 0 saturated carbocycles. The quantitative estimate of drug-likeness (QED) is 0.311. The Morgan fingerprint density at radius 2 is 2.08 bits per heavy atom. The number of aliphatic hydroxyl groups is 1. The van der Waals surface area contributed by atoms with Crippen LogP contribution < -0.4 is 5.56 Å². The Balaban J connectivity index is 1.58. The summed E-state index contributed by atoms with van der Waals surface area (Å²) in [5, 5.41) is 12.9. The van der Waals surface area contributed by atoms with E-state index in [1.54, 1.807) is 4.57 Å². The van der Waals surface area contributed by atoms with E-state index in [2.05, 4.69) is 26.5 Å². The number of halogens is 1. The molecule has 7 heteroatoms. The number of ether oxygens (including phenoxy) is 1. The van der Waals surface area contributed by atoms with E-state index >= 15 is 0 Å². The summed E-state index contributed by atoms with van der Waals surface area (Å²) in [5.41, 5.74) is 3.89. The van der Waals surface area contributed by atoms with Gasteiger partial charge in [-0.1, -0.05) is 27.4 Å². The lowest BCUT2D eigenvalue weighted by molar-refractivity contribution is -0.0172. The fourth-order valence-corrected chi connectivity index (χ4v) is 6.26. The highest BCUT2D eigenvalue weighted by Crippen LogP contribution is 2.42. The van der Waals surface area contributed by atoms with E-state index in [0.29, 0.717) is 51.8 Å². The third kappa shape index (κ3) is 3.97. The number of thioether (sulfide) groups is 1. The summed E-state index contributed by atoms with van der Waals surface area (Å²) >= 11 is 1.95. The van der Waals surface area contributed by atoms with Crippen molar-refractivity contribution in [2.24, 2.45) is 0 Å². The second-order valence-electron chi connectivity index (χ2n) is 10.1. The Morgan fingerprint density at radius 3 is 2.81 bits per heavy atom. The van der Waals surface area contributed by atoms with Crippen molar-refractivity contribution >= 4 is 22.7 Å². The van der Waals surface area contributed by atoms with Gasteiger partial charge in [-0.05, 0) is 66.9 Å². The van der Waals surface area contributed by atoms with Gasteiger partial charge in [0.05, 0.1) is 29.0 Å². The molecule has 4 heterocycles. The van der Waals surface area contributed by atoms with Crippen molar-refractivity contribution in [3.63, 3.8) is 0 Å². The molecule has 0 radical (unpaired) electrons. The van der Waals surface area contributed by atoms with Crippen molar-refractivity contribution in [2.75, 3.05) is 5.75 Å². The van der Waals surface area contributed by atoms with Crippen LogP contribution in [0.2, 0.25) is 0 Å². The molecule has 36 heavy (non-hydrogen) atoms. The highest BCUT2D eigenvalue weighted by atomic mass is 32.2. The molecule has 1 aromatic carbocycles. The molecule has 2 aliphatic heterocycles. The molecule has 0 amide bonds. The van der Waals surface area contributed by atoms with Gasteiger partial charge in [0.1, 0.15) is 23.8 Å². The van der Waals surface area contributed by atoms with E-state index in [9.17, 15) is 14.3 Å². The zero-order valence-corrected chi connectivity index (χ0v) is 22.2. The molecule has 2 aromatic heterocycles. The standard InChI is InChI=1S/C29H33FN2O3S/c1-6-29(34)18(5)35-15-22-23(29)12-26-27-19(14-32(26)28(22)33)11-21-20(9-7-8-10-36-16(2)3)17(4)24(30)13-25(21)31-27/h11-13,16,34H,5-10,14-15H2,1-4H3/t29-/m1/s1. The van der Waals surface area contributed by atoms with Crippen molar-refractivity contribution in [1.29, 1.82) is 0 Å². The monoisotopic (exact) mass is 508 g/mol. The first-order valence-corrected chi connectivity index (χ1v) is 13.8. The molecule has 0 unspecified atom stereocenters. The number of rotatable bonds is 7. The number of pyridine rings is 2. The molecule has 190 valence electrons. The third-order valence-electron chi connectivity index (χ3n) is 7.58. The van der Waals surface area contributed by atoms with E-state index in [1.165, 1.54) is 6.07 Å². The van der Waals surface area contributed by atoms with Gasteiger partial charge in [0.15, 0.2) is 0 Å². The van der Waals surface area contributed by atoms with Crippen LogP contribution in [-0.4, -0.2) is 25.7 Å². The molecule has 1 atom stereocenters. The Hall–Kier alpha value is -2.64. The molecule has 0 bridgehead atoms. The van der Waals surface area contributed by atoms with Gasteiger partial charge < -0.3 is 14.4 Å². The lowest BCUT2D eigenvalue weighted by Crippen LogP contribution is -2.38. The number of nitrogens with zero attached hydrogens (tertiary/aromatic N) is 2. The zero-order chi connectivity index (χ0) is 25.8. The van der Waals surface area contributed by atoms with Crippen LogP contribution in [0.25, 0.3) is 22.3 Å². The van der Waals surface area contributed by atoms with Gasteiger partial charge >= 0.3 is 0 Å². The number of benzene rings is 1. The van der Waals surface area contributed by atoms with Crippen LogP contribution >= 0.6 is 11.8 Å². The molecule has 0 saturated heterocycles. The van der Waals surface area contributed by atoms with Crippen molar-refractivity contribution in [2.45, 2.75) is 77.4 Å². The van der Waals surface area contributed by atoms with Crippen molar-refractivity contribution in [3.05, 3.63) is 74.5 Å². The van der Waals surface area contributed by atoms with Crippen LogP contribution in [-0.2, 0) is 29.9 Å². The number of unbranched alkanes of at least 4 members (excludes halogenated alkanes) is 1. The van der Waals surface area contributed by atoms with Gasteiger partial charge in [0.2, 0.25) is 0 Å². The highest BCUT2D eigenvalue weighted by molar-refractivity contribution is 7.99. The average molecular weight is 509 g/mol. The predicted octanol–water partition coefficient (Wildman–Crippen LogP) is 5.98. The zero-order valence-electron chi connectivity index (χ0n) is 21.4. The molecular formula is C29H33FN2O3S. The Morgan fingerprint density at radius 1 is 1.31 bits per heavy atom. The molecule has 0 spiro atoms. The SMILES string of the molecule is C=C1OCc2c(cc3n(c2=O)Cc2cc4c(CCCCSC(C)C)c(C)c(F)cc4nc2-3)[C@@]1(O)CC. The Kier molecular flexibility index (Phi) is 6.50. The maximum Gasteiger partial charge on any atom is 0.258 e. The topological polar surface area (TPSA) is 64.4 Å². The summed E-state index contributed by atoms with van der Waals surface area (Å²) in [5.74, 6) is 1.09. The minimum Gasteiger partial charge on any atom is -0.490 e. The summed E-state index contributed by atoms with van der Waals surface area (Å²) in [4.78, 5) is 18.3.